The summed E-state index contributed by atoms with van der Waals surface area (Å²) in [6.07, 6.45) is 1.94. The molecule has 3 rings (SSSR count). The molecule has 0 spiro atoms. The molecule has 0 amide bonds. The standard InChI is InChI=1S/C14H18N2O2/c1-15-12(10-6-7-17-9-10)8-14-16-11-4-2-3-5-13(11)18-14/h2-5,10,12,15H,6-9H2,1H3. The molecule has 2 aromatic rings. The number of hydrogen-bond acceptors (Lipinski definition) is 4. The SMILES string of the molecule is CNC(Cc1nc2ccccc2o1)C1CCOC1. The summed E-state index contributed by atoms with van der Waals surface area (Å²) in [5, 5.41) is 3.36. The second kappa shape index (κ2) is 5.08. The molecule has 2 atom stereocenters. The molecule has 18 heavy (non-hydrogen) atoms. The van der Waals surface area contributed by atoms with E-state index in [-0.39, 0.29) is 0 Å². The molecule has 1 aliphatic heterocycles. The molecule has 2 heterocycles. The van der Waals surface area contributed by atoms with Crippen molar-refractivity contribution in [1.82, 2.24) is 10.3 Å². The van der Waals surface area contributed by atoms with Gasteiger partial charge in [0, 0.05) is 25.0 Å². The first-order chi connectivity index (χ1) is 8.86. The molecule has 1 aliphatic rings. The average molecular weight is 246 g/mol. The van der Waals surface area contributed by atoms with Gasteiger partial charge in [-0.05, 0) is 25.6 Å². The van der Waals surface area contributed by atoms with Crippen molar-refractivity contribution in [3.8, 4) is 0 Å². The third-order valence-corrected chi connectivity index (χ3v) is 3.64. The summed E-state index contributed by atoms with van der Waals surface area (Å²) in [4.78, 5) is 4.52. The molecule has 0 saturated carbocycles. The van der Waals surface area contributed by atoms with Crippen LogP contribution in [0.5, 0.6) is 0 Å². The first kappa shape index (κ1) is 11.7. The smallest absolute Gasteiger partial charge is 0.197 e. The molecule has 96 valence electrons. The molecular weight excluding hydrogens is 228 g/mol. The van der Waals surface area contributed by atoms with Gasteiger partial charge in [-0.3, -0.25) is 0 Å². The highest BCUT2D eigenvalue weighted by molar-refractivity contribution is 5.72. The minimum absolute atomic E-state index is 0.376. The highest BCUT2D eigenvalue weighted by atomic mass is 16.5. The monoisotopic (exact) mass is 246 g/mol. The molecular formula is C14H18N2O2. The summed E-state index contributed by atoms with van der Waals surface area (Å²) >= 11 is 0. The fraction of sp³-hybridized carbons (Fsp3) is 0.500. The maximum atomic E-state index is 5.77. The Hall–Kier alpha value is -1.39. The van der Waals surface area contributed by atoms with Gasteiger partial charge in [0.05, 0.1) is 6.61 Å². The fourth-order valence-electron chi connectivity index (χ4n) is 2.57. The maximum Gasteiger partial charge on any atom is 0.197 e. The van der Waals surface area contributed by atoms with Crippen molar-refractivity contribution in [3.05, 3.63) is 30.2 Å². The van der Waals surface area contributed by atoms with Crippen LogP contribution in [0.15, 0.2) is 28.7 Å². The van der Waals surface area contributed by atoms with E-state index in [1.54, 1.807) is 0 Å². The summed E-state index contributed by atoms with van der Waals surface area (Å²) < 4.78 is 11.2. The number of hydrogen-bond donors (Lipinski definition) is 1. The number of benzene rings is 1. The Balaban J connectivity index is 1.77. The quantitative estimate of drug-likeness (QED) is 0.896. The molecule has 1 N–H and O–H groups in total. The van der Waals surface area contributed by atoms with Gasteiger partial charge in [-0.2, -0.15) is 0 Å². The number of nitrogens with one attached hydrogen (secondary N) is 1. The highest BCUT2D eigenvalue weighted by Gasteiger charge is 2.26. The molecule has 1 aromatic carbocycles. The first-order valence-electron chi connectivity index (χ1n) is 6.46. The van der Waals surface area contributed by atoms with Gasteiger partial charge in [-0.1, -0.05) is 12.1 Å². The van der Waals surface area contributed by atoms with Gasteiger partial charge in [-0.25, -0.2) is 4.98 Å². The molecule has 2 unspecified atom stereocenters. The number of oxazole rings is 1. The third kappa shape index (κ3) is 2.26. The van der Waals surface area contributed by atoms with Crippen molar-refractivity contribution in [2.45, 2.75) is 18.9 Å². The first-order valence-corrected chi connectivity index (χ1v) is 6.46. The highest BCUT2D eigenvalue weighted by Crippen LogP contribution is 2.21. The van der Waals surface area contributed by atoms with E-state index in [4.69, 9.17) is 9.15 Å². The molecule has 4 nitrogen and oxygen atoms in total. The van der Waals surface area contributed by atoms with Crippen LogP contribution in [-0.4, -0.2) is 31.3 Å². The number of aromatic nitrogens is 1. The fourth-order valence-corrected chi connectivity index (χ4v) is 2.57. The summed E-state index contributed by atoms with van der Waals surface area (Å²) in [6, 6.07) is 8.27. The van der Waals surface area contributed by atoms with Crippen LogP contribution in [0.3, 0.4) is 0 Å². The average Bonchev–Trinajstić information content (AvgIpc) is 3.04. The van der Waals surface area contributed by atoms with Gasteiger partial charge in [0.25, 0.3) is 0 Å². The number of likely N-dealkylation sites (N-methyl/N-ethyl adjacent to an activating group) is 1. The van der Waals surface area contributed by atoms with Gasteiger partial charge >= 0.3 is 0 Å². The van der Waals surface area contributed by atoms with Crippen LogP contribution in [0.1, 0.15) is 12.3 Å². The number of fused-ring (bicyclic) bond motifs is 1. The van der Waals surface area contributed by atoms with E-state index in [1.807, 2.05) is 31.3 Å². The molecule has 1 fully saturated rings. The van der Waals surface area contributed by atoms with Crippen LogP contribution in [0.4, 0.5) is 0 Å². The van der Waals surface area contributed by atoms with Crippen LogP contribution in [0.25, 0.3) is 11.1 Å². The summed E-state index contributed by atoms with van der Waals surface area (Å²) in [5.74, 6) is 1.37. The van der Waals surface area contributed by atoms with E-state index in [2.05, 4.69) is 10.3 Å². The van der Waals surface area contributed by atoms with Crippen molar-refractivity contribution >= 4 is 11.1 Å². The molecule has 1 saturated heterocycles. The van der Waals surface area contributed by atoms with Gasteiger partial charge in [0.1, 0.15) is 5.52 Å². The normalized spacial score (nSPS) is 21.5. The molecule has 4 heteroatoms. The Labute approximate surface area is 106 Å². The lowest BCUT2D eigenvalue weighted by atomic mass is 9.96. The summed E-state index contributed by atoms with van der Waals surface area (Å²) in [6.45, 7) is 1.71. The van der Waals surface area contributed by atoms with Crippen LogP contribution < -0.4 is 5.32 Å². The second-order valence-corrected chi connectivity index (χ2v) is 4.80. The van der Waals surface area contributed by atoms with E-state index >= 15 is 0 Å². The lowest BCUT2D eigenvalue weighted by Gasteiger charge is -2.19. The van der Waals surface area contributed by atoms with Gasteiger partial charge in [-0.15, -0.1) is 0 Å². The summed E-state index contributed by atoms with van der Waals surface area (Å²) in [5.41, 5.74) is 1.80. The number of ether oxygens (including phenoxy) is 1. The topological polar surface area (TPSA) is 47.3 Å². The van der Waals surface area contributed by atoms with Gasteiger partial charge < -0.3 is 14.5 Å². The molecule has 1 aromatic heterocycles. The largest absolute Gasteiger partial charge is 0.441 e. The van der Waals surface area contributed by atoms with E-state index < -0.39 is 0 Å². The Morgan fingerprint density at radius 3 is 3.06 bits per heavy atom. The van der Waals surface area contributed by atoms with Crippen molar-refractivity contribution < 1.29 is 9.15 Å². The molecule has 0 bridgehead atoms. The lowest BCUT2D eigenvalue weighted by molar-refractivity contribution is 0.176. The number of para-hydroxylation sites is 2. The van der Waals surface area contributed by atoms with Crippen LogP contribution >= 0.6 is 0 Å². The van der Waals surface area contributed by atoms with Crippen molar-refractivity contribution in [1.29, 1.82) is 0 Å². The Morgan fingerprint density at radius 2 is 2.33 bits per heavy atom. The predicted molar refractivity (Wildman–Crippen MR) is 69.5 cm³/mol. The zero-order chi connectivity index (χ0) is 12.4. The Kier molecular flexibility index (Phi) is 3.30. The van der Waals surface area contributed by atoms with Crippen LogP contribution in [0, 0.1) is 5.92 Å². The lowest BCUT2D eigenvalue weighted by Crippen LogP contribution is -2.36. The minimum Gasteiger partial charge on any atom is -0.441 e. The minimum atomic E-state index is 0.376. The van der Waals surface area contributed by atoms with E-state index in [0.29, 0.717) is 12.0 Å². The second-order valence-electron chi connectivity index (χ2n) is 4.80. The van der Waals surface area contributed by atoms with E-state index in [1.165, 1.54) is 0 Å². The van der Waals surface area contributed by atoms with Crippen molar-refractivity contribution in [3.63, 3.8) is 0 Å². The summed E-state index contributed by atoms with van der Waals surface area (Å²) in [7, 11) is 1.99. The maximum absolute atomic E-state index is 5.77. The zero-order valence-electron chi connectivity index (χ0n) is 10.6. The number of nitrogens with zero attached hydrogens (tertiary/aromatic N) is 1. The van der Waals surface area contributed by atoms with E-state index in [9.17, 15) is 0 Å². The van der Waals surface area contributed by atoms with Gasteiger partial charge in [0.15, 0.2) is 11.5 Å². The van der Waals surface area contributed by atoms with Gasteiger partial charge in [0.2, 0.25) is 0 Å². The Morgan fingerprint density at radius 1 is 1.44 bits per heavy atom. The Bertz CT molecular complexity index is 484. The van der Waals surface area contributed by atoms with E-state index in [0.717, 1.165) is 43.0 Å². The zero-order valence-corrected chi connectivity index (χ0v) is 10.6. The molecule has 0 radical (unpaired) electrons. The van der Waals surface area contributed by atoms with Crippen LogP contribution in [-0.2, 0) is 11.2 Å². The third-order valence-electron chi connectivity index (χ3n) is 3.64. The van der Waals surface area contributed by atoms with Crippen molar-refractivity contribution in [2.75, 3.05) is 20.3 Å². The van der Waals surface area contributed by atoms with Crippen molar-refractivity contribution in [2.24, 2.45) is 5.92 Å². The van der Waals surface area contributed by atoms with Crippen LogP contribution in [0.2, 0.25) is 0 Å². The predicted octanol–water partition coefficient (Wildman–Crippen LogP) is 1.99. The molecule has 0 aliphatic carbocycles. The number of rotatable bonds is 4.